The molecule has 1 aliphatic heterocycles. The summed E-state index contributed by atoms with van der Waals surface area (Å²) in [6.45, 7) is 5.80. The molecule has 1 heterocycles. The summed E-state index contributed by atoms with van der Waals surface area (Å²) in [5.41, 5.74) is 0. The van der Waals surface area contributed by atoms with E-state index in [9.17, 15) is 4.79 Å². The predicted molar refractivity (Wildman–Crippen MR) is 69.8 cm³/mol. The van der Waals surface area contributed by atoms with Crippen LogP contribution in [-0.4, -0.2) is 36.0 Å². The Bertz CT molecular complexity index is 263. The Kier molecular flexibility index (Phi) is 4.43. The summed E-state index contributed by atoms with van der Waals surface area (Å²) in [5.74, 6) is 1.16. The second-order valence-electron chi connectivity index (χ2n) is 5.46. The molecule has 3 nitrogen and oxygen atoms in total. The lowest BCUT2D eigenvalue weighted by Gasteiger charge is -2.41. The lowest BCUT2D eigenvalue weighted by molar-refractivity contribution is -0.134. The van der Waals surface area contributed by atoms with E-state index in [4.69, 9.17) is 0 Å². The van der Waals surface area contributed by atoms with Crippen molar-refractivity contribution in [2.45, 2.75) is 64.5 Å². The van der Waals surface area contributed by atoms with Gasteiger partial charge in [-0.15, -0.1) is 0 Å². The fourth-order valence-corrected chi connectivity index (χ4v) is 3.45. The van der Waals surface area contributed by atoms with Crippen molar-refractivity contribution in [3.63, 3.8) is 0 Å². The van der Waals surface area contributed by atoms with Crippen LogP contribution in [0.1, 0.15) is 52.4 Å². The van der Waals surface area contributed by atoms with E-state index in [1.165, 1.54) is 32.1 Å². The first kappa shape index (κ1) is 12.9. The Morgan fingerprint density at radius 2 is 1.82 bits per heavy atom. The lowest BCUT2D eigenvalue weighted by Crippen LogP contribution is -2.55. The van der Waals surface area contributed by atoms with Crippen LogP contribution in [0.2, 0.25) is 0 Å². The van der Waals surface area contributed by atoms with Gasteiger partial charge in [0, 0.05) is 19.1 Å². The van der Waals surface area contributed by atoms with Gasteiger partial charge in [0.1, 0.15) is 0 Å². The van der Waals surface area contributed by atoms with Crippen molar-refractivity contribution in [1.82, 2.24) is 10.2 Å². The fraction of sp³-hybridized carbons (Fsp3) is 0.929. The van der Waals surface area contributed by atoms with E-state index >= 15 is 0 Å². The minimum Gasteiger partial charge on any atom is -0.342 e. The molecule has 0 spiro atoms. The molecule has 3 heteroatoms. The highest BCUT2D eigenvalue weighted by molar-refractivity contribution is 5.82. The van der Waals surface area contributed by atoms with Crippen LogP contribution in [0.15, 0.2) is 0 Å². The zero-order chi connectivity index (χ0) is 12.3. The highest BCUT2D eigenvalue weighted by Gasteiger charge is 2.35. The molecule has 0 aromatic heterocycles. The maximum Gasteiger partial charge on any atom is 0.239 e. The van der Waals surface area contributed by atoms with Crippen LogP contribution < -0.4 is 5.32 Å². The summed E-state index contributed by atoms with van der Waals surface area (Å²) in [6.07, 6.45) is 7.64. The van der Waals surface area contributed by atoms with Gasteiger partial charge in [-0.1, -0.05) is 12.8 Å². The summed E-state index contributed by atoms with van der Waals surface area (Å²) < 4.78 is 0. The number of carbonyl (C=O) groups excluding carboxylic acids is 1. The topological polar surface area (TPSA) is 32.3 Å². The highest BCUT2D eigenvalue weighted by atomic mass is 16.2. The van der Waals surface area contributed by atoms with Crippen molar-refractivity contribution in [1.29, 1.82) is 0 Å². The summed E-state index contributed by atoms with van der Waals surface area (Å²) in [4.78, 5) is 14.3. The van der Waals surface area contributed by atoms with Crippen LogP contribution in [0.25, 0.3) is 0 Å². The highest BCUT2D eigenvalue weighted by Crippen LogP contribution is 2.32. The SMILES string of the molecule is CCN(CC)C(=O)C1CCC2CCCCC2N1. The third-order valence-electron chi connectivity index (χ3n) is 4.52. The number of nitrogens with one attached hydrogen (secondary N) is 1. The molecule has 17 heavy (non-hydrogen) atoms. The molecule has 98 valence electrons. The van der Waals surface area contributed by atoms with Gasteiger partial charge >= 0.3 is 0 Å². The standard InChI is InChI=1S/C14H26N2O/c1-3-16(4-2)14(17)13-10-9-11-7-5-6-8-12(11)15-13/h11-13,15H,3-10H2,1-2H3. The number of amides is 1. The summed E-state index contributed by atoms with van der Waals surface area (Å²) >= 11 is 0. The molecule has 2 aliphatic rings. The monoisotopic (exact) mass is 238 g/mol. The number of carbonyl (C=O) groups is 1. The first-order valence-electron chi connectivity index (χ1n) is 7.31. The summed E-state index contributed by atoms with van der Waals surface area (Å²) in [6, 6.07) is 0.705. The molecule has 1 N–H and O–H groups in total. The molecule has 1 saturated carbocycles. The molecular formula is C14H26N2O. The molecule has 2 fully saturated rings. The molecule has 1 amide bonds. The predicted octanol–water partition coefficient (Wildman–Crippen LogP) is 2.17. The van der Waals surface area contributed by atoms with Crippen molar-refractivity contribution in [2.75, 3.05) is 13.1 Å². The van der Waals surface area contributed by atoms with Crippen LogP contribution in [0.4, 0.5) is 0 Å². The zero-order valence-electron chi connectivity index (χ0n) is 11.2. The van der Waals surface area contributed by atoms with E-state index in [-0.39, 0.29) is 6.04 Å². The zero-order valence-corrected chi connectivity index (χ0v) is 11.2. The Labute approximate surface area is 105 Å². The van der Waals surface area contributed by atoms with Gasteiger partial charge in [-0.2, -0.15) is 0 Å². The molecular weight excluding hydrogens is 212 g/mol. The van der Waals surface area contributed by atoms with Crippen molar-refractivity contribution in [2.24, 2.45) is 5.92 Å². The molecule has 0 bridgehead atoms. The Morgan fingerprint density at radius 1 is 1.12 bits per heavy atom. The van der Waals surface area contributed by atoms with Crippen LogP contribution in [0, 0.1) is 5.92 Å². The second-order valence-corrected chi connectivity index (χ2v) is 5.46. The van der Waals surface area contributed by atoms with E-state index in [0.29, 0.717) is 11.9 Å². The van der Waals surface area contributed by atoms with E-state index in [1.807, 2.05) is 4.90 Å². The first-order valence-corrected chi connectivity index (χ1v) is 7.31. The van der Waals surface area contributed by atoms with Crippen molar-refractivity contribution in [3.8, 4) is 0 Å². The van der Waals surface area contributed by atoms with Crippen LogP contribution >= 0.6 is 0 Å². The van der Waals surface area contributed by atoms with Gasteiger partial charge in [-0.3, -0.25) is 4.79 Å². The van der Waals surface area contributed by atoms with Gasteiger partial charge in [-0.05, 0) is 45.4 Å². The number of nitrogens with zero attached hydrogens (tertiary/aromatic N) is 1. The van der Waals surface area contributed by atoms with Crippen molar-refractivity contribution < 1.29 is 4.79 Å². The maximum atomic E-state index is 12.3. The number of hydrogen-bond donors (Lipinski definition) is 1. The average Bonchev–Trinajstić information content (AvgIpc) is 2.39. The second kappa shape index (κ2) is 5.85. The molecule has 3 unspecified atom stereocenters. The smallest absolute Gasteiger partial charge is 0.239 e. The number of hydrogen-bond acceptors (Lipinski definition) is 2. The number of likely N-dealkylation sites (N-methyl/N-ethyl adjacent to an activating group) is 1. The van der Waals surface area contributed by atoms with E-state index < -0.39 is 0 Å². The van der Waals surface area contributed by atoms with Gasteiger partial charge in [-0.25, -0.2) is 0 Å². The quantitative estimate of drug-likeness (QED) is 0.817. The minimum atomic E-state index is 0.0919. The fourth-order valence-electron chi connectivity index (χ4n) is 3.45. The van der Waals surface area contributed by atoms with Crippen molar-refractivity contribution >= 4 is 5.91 Å². The summed E-state index contributed by atoms with van der Waals surface area (Å²) in [7, 11) is 0. The number of piperidine rings is 1. The van der Waals surface area contributed by atoms with E-state index in [0.717, 1.165) is 25.4 Å². The lowest BCUT2D eigenvalue weighted by atomic mass is 9.77. The third kappa shape index (κ3) is 2.82. The normalized spacial score (nSPS) is 32.9. The largest absolute Gasteiger partial charge is 0.342 e. The minimum absolute atomic E-state index is 0.0919. The van der Waals surface area contributed by atoms with Gasteiger partial charge in [0.05, 0.1) is 6.04 Å². The molecule has 1 saturated heterocycles. The molecule has 0 aromatic rings. The van der Waals surface area contributed by atoms with Gasteiger partial charge in [0.15, 0.2) is 0 Å². The third-order valence-corrected chi connectivity index (χ3v) is 4.52. The van der Waals surface area contributed by atoms with Crippen LogP contribution in [-0.2, 0) is 4.79 Å². The molecule has 3 atom stereocenters. The maximum absolute atomic E-state index is 12.3. The van der Waals surface area contributed by atoms with Gasteiger partial charge < -0.3 is 10.2 Å². The average molecular weight is 238 g/mol. The number of fused-ring (bicyclic) bond motifs is 1. The molecule has 0 radical (unpaired) electrons. The van der Waals surface area contributed by atoms with Crippen molar-refractivity contribution in [3.05, 3.63) is 0 Å². The van der Waals surface area contributed by atoms with Crippen LogP contribution in [0.3, 0.4) is 0 Å². The van der Waals surface area contributed by atoms with Crippen LogP contribution in [0.5, 0.6) is 0 Å². The summed E-state index contributed by atoms with van der Waals surface area (Å²) in [5, 5.41) is 3.61. The Morgan fingerprint density at radius 3 is 2.53 bits per heavy atom. The van der Waals surface area contributed by atoms with E-state index in [1.54, 1.807) is 0 Å². The van der Waals surface area contributed by atoms with Gasteiger partial charge in [0.2, 0.25) is 5.91 Å². The first-order chi connectivity index (χ1) is 8.26. The molecule has 0 aromatic carbocycles. The Hall–Kier alpha value is -0.570. The van der Waals surface area contributed by atoms with E-state index in [2.05, 4.69) is 19.2 Å². The molecule has 2 rings (SSSR count). The van der Waals surface area contributed by atoms with Gasteiger partial charge in [0.25, 0.3) is 0 Å². The molecule has 1 aliphatic carbocycles. The number of rotatable bonds is 3. The Balaban J connectivity index is 1.92.